The Labute approximate surface area is 101 Å². The predicted molar refractivity (Wildman–Crippen MR) is 59.0 cm³/mol. The van der Waals surface area contributed by atoms with Gasteiger partial charge in [0.05, 0.1) is 11.3 Å². The van der Waals surface area contributed by atoms with Crippen molar-refractivity contribution in [2.45, 2.75) is 24.6 Å². The second kappa shape index (κ2) is 3.85. The Kier molecular flexibility index (Phi) is 2.52. The van der Waals surface area contributed by atoms with Gasteiger partial charge in [-0.25, -0.2) is 4.39 Å². The topological polar surface area (TPSA) is 24.1 Å². The standard InChI is InChI=1S/C12H12F4N2/c13-6-3-7-8-5-17-2-1-10(8)18-11(7)9(4-6)12(14,15)16/h3-4,8,10,17-18H,1-2,5H2/t8-,10-/m1/s1. The molecule has 98 valence electrons. The first-order valence-electron chi connectivity index (χ1n) is 5.84. The predicted octanol–water partition coefficient (Wildman–Crippen LogP) is 2.72. The molecule has 3 rings (SSSR count). The summed E-state index contributed by atoms with van der Waals surface area (Å²) >= 11 is 0. The summed E-state index contributed by atoms with van der Waals surface area (Å²) in [6, 6.07) is 1.76. The highest BCUT2D eigenvalue weighted by Gasteiger charge is 2.42. The molecular weight excluding hydrogens is 248 g/mol. The van der Waals surface area contributed by atoms with E-state index < -0.39 is 17.6 Å². The van der Waals surface area contributed by atoms with Crippen LogP contribution in [0.25, 0.3) is 0 Å². The fraction of sp³-hybridized carbons (Fsp3) is 0.500. The fourth-order valence-electron chi connectivity index (χ4n) is 2.85. The molecule has 0 bridgehead atoms. The molecular formula is C12H12F4N2. The first-order valence-corrected chi connectivity index (χ1v) is 5.84. The third-order valence-electron chi connectivity index (χ3n) is 3.65. The van der Waals surface area contributed by atoms with Gasteiger partial charge in [-0.3, -0.25) is 0 Å². The Balaban J connectivity index is 2.11. The lowest BCUT2D eigenvalue weighted by atomic mass is 9.90. The van der Waals surface area contributed by atoms with E-state index in [9.17, 15) is 17.6 Å². The quantitative estimate of drug-likeness (QED) is 0.701. The van der Waals surface area contributed by atoms with Gasteiger partial charge in [0.2, 0.25) is 0 Å². The minimum Gasteiger partial charge on any atom is -0.381 e. The maximum Gasteiger partial charge on any atom is 0.418 e. The third-order valence-corrected chi connectivity index (χ3v) is 3.65. The summed E-state index contributed by atoms with van der Waals surface area (Å²) < 4.78 is 52.0. The molecule has 1 aromatic rings. The van der Waals surface area contributed by atoms with Crippen LogP contribution in [0.1, 0.15) is 23.5 Å². The number of fused-ring (bicyclic) bond motifs is 3. The SMILES string of the molecule is Fc1cc2c(c(C(F)(F)F)c1)N[C@@H]1CCNC[C@H]21. The van der Waals surface area contributed by atoms with Gasteiger partial charge in [0.25, 0.3) is 0 Å². The average molecular weight is 260 g/mol. The molecule has 0 saturated carbocycles. The van der Waals surface area contributed by atoms with Crippen LogP contribution in [0.15, 0.2) is 12.1 Å². The summed E-state index contributed by atoms with van der Waals surface area (Å²) in [5, 5.41) is 6.04. The second-order valence-electron chi connectivity index (χ2n) is 4.77. The van der Waals surface area contributed by atoms with Gasteiger partial charge in [-0.15, -0.1) is 0 Å². The van der Waals surface area contributed by atoms with E-state index in [-0.39, 0.29) is 17.6 Å². The van der Waals surface area contributed by atoms with Crippen LogP contribution in [0.3, 0.4) is 0 Å². The maximum atomic E-state index is 13.4. The summed E-state index contributed by atoms with van der Waals surface area (Å²) in [6.45, 7) is 1.36. The van der Waals surface area contributed by atoms with Crippen LogP contribution in [0.2, 0.25) is 0 Å². The summed E-state index contributed by atoms with van der Waals surface area (Å²) in [7, 11) is 0. The minimum absolute atomic E-state index is 0.0239. The van der Waals surface area contributed by atoms with E-state index in [1.54, 1.807) is 0 Å². The zero-order chi connectivity index (χ0) is 12.9. The van der Waals surface area contributed by atoms with Gasteiger partial charge >= 0.3 is 6.18 Å². The van der Waals surface area contributed by atoms with Crippen molar-refractivity contribution in [3.05, 3.63) is 29.1 Å². The monoisotopic (exact) mass is 260 g/mol. The van der Waals surface area contributed by atoms with Crippen molar-refractivity contribution in [3.63, 3.8) is 0 Å². The zero-order valence-electron chi connectivity index (χ0n) is 9.44. The van der Waals surface area contributed by atoms with Gasteiger partial charge in [-0.2, -0.15) is 13.2 Å². The molecule has 1 saturated heterocycles. The molecule has 0 spiro atoms. The van der Waals surface area contributed by atoms with E-state index in [2.05, 4.69) is 10.6 Å². The molecule has 2 heterocycles. The van der Waals surface area contributed by atoms with Crippen LogP contribution in [0, 0.1) is 5.82 Å². The molecule has 2 aliphatic rings. The van der Waals surface area contributed by atoms with E-state index in [4.69, 9.17) is 0 Å². The zero-order valence-corrected chi connectivity index (χ0v) is 9.44. The van der Waals surface area contributed by atoms with Gasteiger partial charge in [0, 0.05) is 18.5 Å². The fourth-order valence-corrected chi connectivity index (χ4v) is 2.85. The molecule has 0 aliphatic carbocycles. The lowest BCUT2D eigenvalue weighted by Crippen LogP contribution is -2.38. The van der Waals surface area contributed by atoms with Gasteiger partial charge < -0.3 is 10.6 Å². The number of benzene rings is 1. The maximum absolute atomic E-state index is 13.4. The summed E-state index contributed by atoms with van der Waals surface area (Å²) in [6.07, 6.45) is -3.78. The van der Waals surface area contributed by atoms with Crippen molar-refractivity contribution in [1.29, 1.82) is 0 Å². The number of piperidine rings is 1. The smallest absolute Gasteiger partial charge is 0.381 e. The van der Waals surface area contributed by atoms with Crippen molar-refractivity contribution in [2.75, 3.05) is 18.4 Å². The first-order chi connectivity index (χ1) is 8.47. The summed E-state index contributed by atoms with van der Waals surface area (Å²) in [5.41, 5.74) is -0.394. The van der Waals surface area contributed by atoms with E-state index in [1.165, 1.54) is 6.07 Å². The molecule has 18 heavy (non-hydrogen) atoms. The normalized spacial score (nSPS) is 26.4. The lowest BCUT2D eigenvalue weighted by Gasteiger charge is -2.26. The number of hydrogen-bond acceptors (Lipinski definition) is 2. The van der Waals surface area contributed by atoms with Crippen molar-refractivity contribution in [1.82, 2.24) is 5.32 Å². The molecule has 2 atom stereocenters. The third kappa shape index (κ3) is 1.75. The van der Waals surface area contributed by atoms with Gasteiger partial charge in [0.15, 0.2) is 0 Å². The lowest BCUT2D eigenvalue weighted by molar-refractivity contribution is -0.137. The minimum atomic E-state index is -4.53. The van der Waals surface area contributed by atoms with Crippen molar-refractivity contribution >= 4 is 5.69 Å². The van der Waals surface area contributed by atoms with Crippen LogP contribution in [-0.2, 0) is 6.18 Å². The highest BCUT2D eigenvalue weighted by atomic mass is 19.4. The van der Waals surface area contributed by atoms with Crippen LogP contribution in [0.4, 0.5) is 23.2 Å². The highest BCUT2D eigenvalue weighted by molar-refractivity contribution is 5.66. The van der Waals surface area contributed by atoms with Crippen LogP contribution in [-0.4, -0.2) is 19.1 Å². The second-order valence-corrected chi connectivity index (χ2v) is 4.77. The molecule has 2 nitrogen and oxygen atoms in total. The highest BCUT2D eigenvalue weighted by Crippen LogP contribution is 2.45. The molecule has 6 heteroatoms. The van der Waals surface area contributed by atoms with Crippen LogP contribution < -0.4 is 10.6 Å². The molecule has 0 unspecified atom stereocenters. The molecule has 2 aliphatic heterocycles. The summed E-state index contributed by atoms with van der Waals surface area (Å²) in [4.78, 5) is 0. The Morgan fingerprint density at radius 1 is 1.22 bits per heavy atom. The van der Waals surface area contributed by atoms with Crippen molar-refractivity contribution in [2.24, 2.45) is 0 Å². The van der Waals surface area contributed by atoms with E-state index in [1.807, 2.05) is 0 Å². The van der Waals surface area contributed by atoms with E-state index in [0.717, 1.165) is 13.0 Å². The van der Waals surface area contributed by atoms with Crippen molar-refractivity contribution < 1.29 is 17.6 Å². The Hall–Kier alpha value is -1.30. The van der Waals surface area contributed by atoms with Crippen LogP contribution >= 0.6 is 0 Å². The molecule has 0 radical (unpaired) electrons. The number of hydrogen-bond donors (Lipinski definition) is 2. The number of anilines is 1. The number of alkyl halides is 3. The van der Waals surface area contributed by atoms with Gasteiger partial charge in [-0.1, -0.05) is 0 Å². The van der Waals surface area contributed by atoms with Gasteiger partial charge in [-0.05, 0) is 30.7 Å². The number of halogens is 4. The molecule has 0 amide bonds. The van der Waals surface area contributed by atoms with Crippen molar-refractivity contribution in [3.8, 4) is 0 Å². The number of nitrogens with one attached hydrogen (secondary N) is 2. The van der Waals surface area contributed by atoms with Crippen LogP contribution in [0.5, 0.6) is 0 Å². The molecule has 1 fully saturated rings. The Morgan fingerprint density at radius 2 is 2.00 bits per heavy atom. The van der Waals surface area contributed by atoms with E-state index >= 15 is 0 Å². The van der Waals surface area contributed by atoms with E-state index in [0.29, 0.717) is 18.2 Å². The molecule has 1 aromatic carbocycles. The first kappa shape index (κ1) is 11.8. The summed E-state index contributed by atoms with van der Waals surface area (Å²) in [5.74, 6) is -0.903. The Morgan fingerprint density at radius 3 is 2.72 bits per heavy atom. The molecule has 2 N–H and O–H groups in total. The number of rotatable bonds is 0. The van der Waals surface area contributed by atoms with Gasteiger partial charge in [0.1, 0.15) is 5.82 Å². The largest absolute Gasteiger partial charge is 0.418 e. The molecule has 0 aromatic heterocycles. The Bertz CT molecular complexity index is 484. The average Bonchev–Trinajstić information content (AvgIpc) is 2.65.